The van der Waals surface area contributed by atoms with Gasteiger partial charge >= 0.3 is 0 Å². The normalized spacial score (nSPS) is 13.6. The number of methoxy groups -OCH3 is 1. The van der Waals surface area contributed by atoms with Crippen molar-refractivity contribution in [3.63, 3.8) is 0 Å². The van der Waals surface area contributed by atoms with Crippen LogP contribution in [0.1, 0.15) is 21.5 Å². The molecule has 3 aromatic rings. The summed E-state index contributed by atoms with van der Waals surface area (Å²) < 4.78 is 10.8. The number of amides is 1. The van der Waals surface area contributed by atoms with Crippen LogP contribution in [0.2, 0.25) is 0 Å². The van der Waals surface area contributed by atoms with Gasteiger partial charge in [0.05, 0.1) is 25.9 Å². The van der Waals surface area contributed by atoms with E-state index in [4.69, 9.17) is 9.47 Å². The van der Waals surface area contributed by atoms with Gasteiger partial charge in [0.2, 0.25) is 0 Å². The second kappa shape index (κ2) is 10.1. The third kappa shape index (κ3) is 5.22. The molecular formula is C25H27N3O3. The van der Waals surface area contributed by atoms with Crippen LogP contribution in [0.3, 0.4) is 0 Å². The Balaban J connectivity index is 1.63. The van der Waals surface area contributed by atoms with Crippen molar-refractivity contribution in [1.82, 2.24) is 9.88 Å². The lowest BCUT2D eigenvalue weighted by molar-refractivity contribution is 0.0729. The Bertz CT molecular complexity index is 986. The first kappa shape index (κ1) is 20.9. The molecule has 6 heteroatoms. The Morgan fingerprint density at radius 1 is 0.968 bits per heavy atom. The highest BCUT2D eigenvalue weighted by molar-refractivity contribution is 5.99. The van der Waals surface area contributed by atoms with Gasteiger partial charge in [0.1, 0.15) is 5.75 Å². The van der Waals surface area contributed by atoms with Crippen molar-refractivity contribution in [2.45, 2.75) is 13.1 Å². The zero-order valence-electron chi connectivity index (χ0n) is 17.7. The van der Waals surface area contributed by atoms with Gasteiger partial charge in [-0.1, -0.05) is 24.3 Å². The van der Waals surface area contributed by atoms with Crippen molar-refractivity contribution < 1.29 is 14.3 Å². The summed E-state index contributed by atoms with van der Waals surface area (Å²) in [7, 11) is 1.65. The fourth-order valence-electron chi connectivity index (χ4n) is 3.76. The molecule has 0 saturated carbocycles. The number of nitrogens with zero attached hydrogens (tertiary/aromatic N) is 3. The van der Waals surface area contributed by atoms with Gasteiger partial charge in [-0.15, -0.1) is 0 Å². The number of hydrogen-bond acceptors (Lipinski definition) is 5. The van der Waals surface area contributed by atoms with Crippen LogP contribution in [0.15, 0.2) is 73.1 Å². The molecule has 160 valence electrons. The summed E-state index contributed by atoms with van der Waals surface area (Å²) in [5.74, 6) is 0.808. The lowest BCUT2D eigenvalue weighted by atomic mass is 10.1. The Labute approximate surface area is 183 Å². The predicted molar refractivity (Wildman–Crippen MR) is 120 cm³/mol. The molecule has 1 saturated heterocycles. The number of hydrogen-bond donors (Lipinski definition) is 0. The fraction of sp³-hybridized carbons (Fsp3) is 0.280. The maximum atomic E-state index is 13.8. The van der Waals surface area contributed by atoms with Crippen molar-refractivity contribution >= 4 is 11.6 Å². The molecule has 1 aromatic heterocycles. The smallest absolute Gasteiger partial charge is 0.256 e. The molecule has 0 aliphatic carbocycles. The van der Waals surface area contributed by atoms with Crippen molar-refractivity contribution in [3.05, 3.63) is 89.7 Å². The standard InChI is InChI=1S/C25H27N3O3/c1-30-22-8-6-20(7-9-22)18-28(19-21-10-12-26-13-11-21)25(29)23-4-2-3-5-24(23)27-14-16-31-17-15-27/h2-13H,14-19H2,1H3. The highest BCUT2D eigenvalue weighted by Gasteiger charge is 2.23. The molecule has 0 N–H and O–H groups in total. The summed E-state index contributed by atoms with van der Waals surface area (Å²) in [6.07, 6.45) is 3.51. The molecule has 0 radical (unpaired) electrons. The van der Waals surface area contributed by atoms with E-state index in [1.807, 2.05) is 65.6 Å². The van der Waals surface area contributed by atoms with Crippen LogP contribution in [0, 0.1) is 0 Å². The molecule has 6 nitrogen and oxygen atoms in total. The number of carbonyl (C=O) groups is 1. The number of anilines is 1. The number of benzene rings is 2. The van der Waals surface area contributed by atoms with Crippen LogP contribution in [0.25, 0.3) is 0 Å². The first-order valence-electron chi connectivity index (χ1n) is 10.5. The molecule has 2 aromatic carbocycles. The van der Waals surface area contributed by atoms with E-state index in [1.54, 1.807) is 19.5 Å². The molecule has 0 bridgehead atoms. The Hall–Kier alpha value is -3.38. The Kier molecular flexibility index (Phi) is 6.79. The topological polar surface area (TPSA) is 54.9 Å². The number of para-hydroxylation sites is 1. The van der Waals surface area contributed by atoms with Crippen LogP contribution in [-0.2, 0) is 17.8 Å². The summed E-state index contributed by atoms with van der Waals surface area (Å²) in [5.41, 5.74) is 3.77. The van der Waals surface area contributed by atoms with E-state index in [-0.39, 0.29) is 5.91 Å². The zero-order chi connectivity index (χ0) is 21.5. The zero-order valence-corrected chi connectivity index (χ0v) is 17.7. The van der Waals surface area contributed by atoms with Gasteiger partial charge in [-0.25, -0.2) is 0 Å². The second-order valence-corrected chi connectivity index (χ2v) is 7.48. The van der Waals surface area contributed by atoms with Gasteiger partial charge < -0.3 is 19.3 Å². The first-order chi connectivity index (χ1) is 15.2. The number of aromatic nitrogens is 1. The van der Waals surface area contributed by atoms with Gasteiger partial charge in [0.25, 0.3) is 5.91 Å². The minimum atomic E-state index is 0.00900. The monoisotopic (exact) mass is 417 g/mol. The van der Waals surface area contributed by atoms with E-state index in [9.17, 15) is 4.79 Å². The molecule has 1 amide bonds. The van der Waals surface area contributed by atoms with Crippen molar-refractivity contribution in [2.24, 2.45) is 0 Å². The largest absolute Gasteiger partial charge is 0.497 e. The number of morpholine rings is 1. The van der Waals surface area contributed by atoms with Gasteiger partial charge in [0, 0.05) is 44.3 Å². The van der Waals surface area contributed by atoms with Crippen molar-refractivity contribution in [2.75, 3.05) is 38.3 Å². The average molecular weight is 418 g/mol. The Morgan fingerprint density at radius 2 is 1.61 bits per heavy atom. The van der Waals surface area contributed by atoms with E-state index in [0.717, 1.165) is 35.7 Å². The minimum absolute atomic E-state index is 0.00900. The average Bonchev–Trinajstić information content (AvgIpc) is 2.85. The third-order valence-corrected chi connectivity index (χ3v) is 5.43. The number of pyridine rings is 1. The molecule has 0 unspecified atom stereocenters. The molecular weight excluding hydrogens is 390 g/mol. The lowest BCUT2D eigenvalue weighted by Gasteiger charge is -2.31. The molecule has 1 aliphatic rings. The van der Waals surface area contributed by atoms with Crippen molar-refractivity contribution in [1.29, 1.82) is 0 Å². The van der Waals surface area contributed by atoms with E-state index in [0.29, 0.717) is 31.9 Å². The van der Waals surface area contributed by atoms with E-state index in [2.05, 4.69) is 9.88 Å². The summed E-state index contributed by atoms with van der Waals surface area (Å²) in [6, 6.07) is 19.6. The number of ether oxygens (including phenoxy) is 2. The summed E-state index contributed by atoms with van der Waals surface area (Å²) in [5, 5.41) is 0. The molecule has 31 heavy (non-hydrogen) atoms. The summed E-state index contributed by atoms with van der Waals surface area (Å²) in [4.78, 5) is 22.0. The lowest BCUT2D eigenvalue weighted by Crippen LogP contribution is -2.38. The van der Waals surface area contributed by atoms with Gasteiger partial charge in [-0.05, 0) is 47.5 Å². The summed E-state index contributed by atoms with van der Waals surface area (Å²) in [6.45, 7) is 3.93. The molecule has 0 spiro atoms. The quantitative estimate of drug-likeness (QED) is 0.586. The third-order valence-electron chi connectivity index (χ3n) is 5.43. The predicted octanol–water partition coefficient (Wildman–Crippen LogP) is 3.77. The highest BCUT2D eigenvalue weighted by atomic mass is 16.5. The highest BCUT2D eigenvalue weighted by Crippen LogP contribution is 2.25. The second-order valence-electron chi connectivity index (χ2n) is 7.48. The van der Waals surface area contributed by atoms with Crippen LogP contribution < -0.4 is 9.64 Å². The maximum absolute atomic E-state index is 13.8. The first-order valence-corrected chi connectivity index (χ1v) is 10.5. The van der Waals surface area contributed by atoms with E-state index < -0.39 is 0 Å². The molecule has 1 aliphatic heterocycles. The van der Waals surface area contributed by atoms with Crippen LogP contribution in [-0.4, -0.2) is 49.2 Å². The van der Waals surface area contributed by atoms with Crippen LogP contribution in [0.4, 0.5) is 5.69 Å². The molecule has 2 heterocycles. The van der Waals surface area contributed by atoms with Crippen LogP contribution >= 0.6 is 0 Å². The fourth-order valence-corrected chi connectivity index (χ4v) is 3.76. The SMILES string of the molecule is COc1ccc(CN(Cc2ccncc2)C(=O)c2ccccc2N2CCOCC2)cc1. The van der Waals surface area contributed by atoms with Gasteiger partial charge in [0.15, 0.2) is 0 Å². The van der Waals surface area contributed by atoms with Gasteiger partial charge in [-0.2, -0.15) is 0 Å². The number of carbonyl (C=O) groups excluding carboxylic acids is 1. The molecule has 1 fully saturated rings. The molecule has 0 atom stereocenters. The van der Waals surface area contributed by atoms with E-state index >= 15 is 0 Å². The Morgan fingerprint density at radius 3 is 2.29 bits per heavy atom. The molecule has 4 rings (SSSR count). The minimum Gasteiger partial charge on any atom is -0.497 e. The number of rotatable bonds is 7. The van der Waals surface area contributed by atoms with E-state index in [1.165, 1.54) is 0 Å². The maximum Gasteiger partial charge on any atom is 0.256 e. The van der Waals surface area contributed by atoms with Gasteiger partial charge in [-0.3, -0.25) is 9.78 Å². The van der Waals surface area contributed by atoms with Crippen LogP contribution in [0.5, 0.6) is 5.75 Å². The summed E-state index contributed by atoms with van der Waals surface area (Å²) >= 11 is 0. The van der Waals surface area contributed by atoms with Crippen molar-refractivity contribution in [3.8, 4) is 5.75 Å².